The molecule has 0 saturated heterocycles. The van der Waals surface area contributed by atoms with Gasteiger partial charge in [0.2, 0.25) is 0 Å². The molecule has 0 bridgehead atoms. The maximum atomic E-state index is 5.89. The van der Waals surface area contributed by atoms with E-state index in [0.29, 0.717) is 6.54 Å². The molecular formula is C23H18BrCl2N5. The highest BCUT2D eigenvalue weighted by Gasteiger charge is 2.06. The van der Waals surface area contributed by atoms with Crippen LogP contribution in [0.4, 0.5) is 0 Å². The van der Waals surface area contributed by atoms with E-state index in [-0.39, 0.29) is 0 Å². The van der Waals surface area contributed by atoms with Crippen LogP contribution in [-0.4, -0.2) is 25.2 Å². The van der Waals surface area contributed by atoms with Crippen LogP contribution < -0.4 is 0 Å². The Hall–Kier alpha value is -2.67. The summed E-state index contributed by atoms with van der Waals surface area (Å²) in [7, 11) is 0. The molecule has 156 valence electrons. The lowest BCUT2D eigenvalue weighted by Crippen LogP contribution is -1.99. The molecule has 5 aromatic rings. The van der Waals surface area contributed by atoms with Crippen molar-refractivity contribution in [3.63, 3.8) is 0 Å². The van der Waals surface area contributed by atoms with Gasteiger partial charge in [-0.2, -0.15) is 5.10 Å². The van der Waals surface area contributed by atoms with Crippen LogP contribution in [0.1, 0.15) is 11.1 Å². The lowest BCUT2D eigenvalue weighted by Gasteiger charge is -2.00. The first-order valence-corrected chi connectivity index (χ1v) is 11.4. The summed E-state index contributed by atoms with van der Waals surface area (Å²) in [5.41, 5.74) is 5.26. The first-order valence-electron chi connectivity index (χ1n) is 9.49. The number of H-pyrrole nitrogens is 1. The fourth-order valence-corrected chi connectivity index (χ4v) is 3.59. The molecule has 0 spiro atoms. The summed E-state index contributed by atoms with van der Waals surface area (Å²) in [4.78, 5) is 0. The second kappa shape index (κ2) is 10.1. The average molecular weight is 515 g/mol. The van der Waals surface area contributed by atoms with Crippen molar-refractivity contribution in [2.24, 2.45) is 0 Å². The van der Waals surface area contributed by atoms with E-state index in [1.807, 2.05) is 71.5 Å². The molecule has 31 heavy (non-hydrogen) atoms. The minimum Gasteiger partial charge on any atom is -0.278 e. The normalized spacial score (nSPS) is 10.7. The molecule has 3 aromatic carbocycles. The van der Waals surface area contributed by atoms with E-state index in [0.717, 1.165) is 43.1 Å². The number of halogens is 3. The summed E-state index contributed by atoms with van der Waals surface area (Å²) >= 11 is 14.9. The minimum absolute atomic E-state index is 0.665. The summed E-state index contributed by atoms with van der Waals surface area (Å²) in [5.74, 6) is 0. The third-order valence-electron chi connectivity index (χ3n) is 4.60. The Balaban J connectivity index is 0.000000217. The Bertz CT molecular complexity index is 1260. The van der Waals surface area contributed by atoms with Gasteiger partial charge in [-0.3, -0.25) is 5.10 Å². The third kappa shape index (κ3) is 5.73. The van der Waals surface area contributed by atoms with Crippen molar-refractivity contribution in [2.75, 3.05) is 0 Å². The number of aromatic amines is 1. The largest absolute Gasteiger partial charge is 0.278 e. The molecule has 2 heterocycles. The number of rotatable bonds is 4. The molecule has 0 radical (unpaired) electrons. The molecule has 0 fully saturated rings. The quantitative estimate of drug-likeness (QED) is 0.269. The Morgan fingerprint density at radius 3 is 2.23 bits per heavy atom. The predicted octanol–water partition coefficient (Wildman–Crippen LogP) is 6.76. The van der Waals surface area contributed by atoms with Crippen molar-refractivity contribution in [2.45, 2.75) is 11.9 Å². The number of hydrogen-bond acceptors (Lipinski definition) is 3. The van der Waals surface area contributed by atoms with Crippen LogP contribution in [0.25, 0.3) is 22.2 Å². The fraction of sp³-hybridized carbons (Fsp3) is 0.0870. The Morgan fingerprint density at radius 2 is 1.55 bits per heavy atom. The van der Waals surface area contributed by atoms with E-state index >= 15 is 0 Å². The molecule has 1 N–H and O–H groups in total. The van der Waals surface area contributed by atoms with Crippen LogP contribution in [0.15, 0.2) is 79.1 Å². The van der Waals surface area contributed by atoms with E-state index in [1.54, 1.807) is 6.20 Å². The van der Waals surface area contributed by atoms with Crippen LogP contribution in [0, 0.1) is 0 Å². The average Bonchev–Trinajstić information content (AvgIpc) is 3.45. The van der Waals surface area contributed by atoms with Crippen molar-refractivity contribution in [3.8, 4) is 11.3 Å². The highest BCUT2D eigenvalue weighted by molar-refractivity contribution is 9.08. The summed E-state index contributed by atoms with van der Waals surface area (Å²) in [6.07, 6.45) is 3.74. The number of hydrogen-bond donors (Lipinski definition) is 1. The van der Waals surface area contributed by atoms with Crippen LogP contribution in [0.5, 0.6) is 0 Å². The van der Waals surface area contributed by atoms with Gasteiger partial charge in [-0.15, -0.1) is 5.10 Å². The second-order valence-corrected chi connectivity index (χ2v) is 8.29. The van der Waals surface area contributed by atoms with Gasteiger partial charge in [-0.1, -0.05) is 74.7 Å². The second-order valence-electron chi connectivity index (χ2n) is 6.86. The van der Waals surface area contributed by atoms with Crippen molar-refractivity contribution in [1.82, 2.24) is 25.2 Å². The monoisotopic (exact) mass is 513 g/mol. The smallest absolute Gasteiger partial charge is 0.113 e. The van der Waals surface area contributed by atoms with Crippen LogP contribution in [-0.2, 0) is 11.9 Å². The van der Waals surface area contributed by atoms with Gasteiger partial charge in [0.05, 0.1) is 24.5 Å². The zero-order valence-corrected chi connectivity index (χ0v) is 19.4. The summed E-state index contributed by atoms with van der Waals surface area (Å²) in [6.45, 7) is 0.665. The number of nitrogens with one attached hydrogen (secondary N) is 1. The first-order chi connectivity index (χ1) is 15.1. The van der Waals surface area contributed by atoms with Gasteiger partial charge in [-0.25, -0.2) is 4.68 Å². The molecule has 0 amide bonds. The Kier molecular flexibility index (Phi) is 7.02. The van der Waals surface area contributed by atoms with Crippen molar-refractivity contribution in [3.05, 3.63) is 100 Å². The minimum atomic E-state index is 0.665. The molecule has 2 aromatic heterocycles. The maximum Gasteiger partial charge on any atom is 0.113 e. The standard InChI is InChI=1S/C16H12ClN5.C7H6BrCl/c17-14-4-1-11(2-5-14)9-22-10-16(20-21-22)12-3-6-15-13(7-12)8-18-19-15;8-5-6-1-3-7(9)4-2-6/h1-8,10H,9H2,(H,18,19);1-4H,5H2. The number of benzene rings is 3. The number of nitrogens with zero attached hydrogens (tertiary/aromatic N) is 4. The molecule has 0 aliphatic carbocycles. The van der Waals surface area contributed by atoms with Crippen molar-refractivity contribution < 1.29 is 0 Å². The van der Waals surface area contributed by atoms with Crippen molar-refractivity contribution >= 4 is 50.0 Å². The van der Waals surface area contributed by atoms with Gasteiger partial charge in [0.15, 0.2) is 0 Å². The van der Waals surface area contributed by atoms with Gasteiger partial charge in [0.1, 0.15) is 5.69 Å². The van der Waals surface area contributed by atoms with E-state index in [1.165, 1.54) is 5.56 Å². The van der Waals surface area contributed by atoms with Gasteiger partial charge >= 0.3 is 0 Å². The molecule has 5 rings (SSSR count). The molecule has 0 aliphatic heterocycles. The highest BCUT2D eigenvalue weighted by atomic mass is 79.9. The van der Waals surface area contributed by atoms with Gasteiger partial charge in [0, 0.05) is 26.3 Å². The molecule has 0 aliphatic rings. The Morgan fingerprint density at radius 1 is 0.871 bits per heavy atom. The van der Waals surface area contributed by atoms with Gasteiger partial charge in [0.25, 0.3) is 0 Å². The zero-order valence-electron chi connectivity index (χ0n) is 16.3. The zero-order chi connectivity index (χ0) is 21.6. The summed E-state index contributed by atoms with van der Waals surface area (Å²) in [6, 6.07) is 21.6. The SMILES string of the molecule is Clc1ccc(CBr)cc1.Clc1ccc(Cn2cc(-c3ccc4[nH]ncc4c3)nn2)cc1. The molecule has 8 heteroatoms. The van der Waals surface area contributed by atoms with E-state index in [4.69, 9.17) is 23.2 Å². The number of fused-ring (bicyclic) bond motifs is 1. The molecule has 0 unspecified atom stereocenters. The van der Waals surface area contributed by atoms with Gasteiger partial charge < -0.3 is 0 Å². The van der Waals surface area contributed by atoms with Crippen LogP contribution >= 0.6 is 39.1 Å². The highest BCUT2D eigenvalue weighted by Crippen LogP contribution is 2.21. The fourth-order valence-electron chi connectivity index (χ4n) is 2.96. The first kappa shape index (κ1) is 21.6. The molecule has 5 nitrogen and oxygen atoms in total. The molecular weight excluding hydrogens is 497 g/mol. The van der Waals surface area contributed by atoms with E-state index < -0.39 is 0 Å². The summed E-state index contributed by atoms with van der Waals surface area (Å²) < 4.78 is 1.82. The Labute approximate surface area is 198 Å². The van der Waals surface area contributed by atoms with Crippen molar-refractivity contribution in [1.29, 1.82) is 0 Å². The number of alkyl halides is 1. The third-order valence-corrected chi connectivity index (χ3v) is 5.75. The van der Waals surface area contributed by atoms with Gasteiger partial charge in [-0.05, 0) is 47.5 Å². The lowest BCUT2D eigenvalue weighted by molar-refractivity contribution is 0.650. The molecule has 0 saturated carbocycles. The topological polar surface area (TPSA) is 59.4 Å². The molecule has 0 atom stereocenters. The van der Waals surface area contributed by atoms with E-state index in [2.05, 4.69) is 42.5 Å². The number of aromatic nitrogens is 5. The van der Waals surface area contributed by atoms with E-state index in [9.17, 15) is 0 Å². The lowest BCUT2D eigenvalue weighted by atomic mass is 10.1. The summed E-state index contributed by atoms with van der Waals surface area (Å²) in [5, 5.41) is 18.9. The maximum absolute atomic E-state index is 5.89. The van der Waals surface area contributed by atoms with Crippen LogP contribution in [0.3, 0.4) is 0 Å². The van der Waals surface area contributed by atoms with Crippen LogP contribution in [0.2, 0.25) is 10.0 Å². The predicted molar refractivity (Wildman–Crippen MR) is 130 cm³/mol.